The van der Waals surface area contributed by atoms with Gasteiger partial charge in [0.1, 0.15) is 18.0 Å². The maximum absolute atomic E-state index is 13.2. The average molecular weight is 513 g/mol. The van der Waals surface area contributed by atoms with Gasteiger partial charge in [0, 0.05) is 49.2 Å². The van der Waals surface area contributed by atoms with E-state index >= 15 is 0 Å². The van der Waals surface area contributed by atoms with E-state index in [1.807, 2.05) is 59.6 Å². The maximum Gasteiger partial charge on any atom is 0.357 e. The fourth-order valence-electron chi connectivity index (χ4n) is 4.81. The summed E-state index contributed by atoms with van der Waals surface area (Å²) in [5.74, 6) is 0.356. The van der Waals surface area contributed by atoms with E-state index in [1.54, 1.807) is 17.7 Å². The van der Waals surface area contributed by atoms with Crippen molar-refractivity contribution >= 4 is 40.5 Å². The number of fused-ring (bicyclic) bond motifs is 2. The molecule has 0 atom stereocenters. The van der Waals surface area contributed by atoms with Crippen LogP contribution in [-0.4, -0.2) is 76.7 Å². The minimum atomic E-state index is -0.373. The first-order valence-corrected chi connectivity index (χ1v) is 13.1. The lowest BCUT2D eigenvalue weighted by atomic mass is 9.94. The summed E-state index contributed by atoms with van der Waals surface area (Å²) in [4.78, 5) is 44.2. The minimum absolute atomic E-state index is 0.0420. The van der Waals surface area contributed by atoms with Crippen LogP contribution in [0, 0.1) is 0 Å². The molecule has 1 fully saturated rings. The molecule has 1 saturated heterocycles. The smallest absolute Gasteiger partial charge is 0.357 e. The summed E-state index contributed by atoms with van der Waals surface area (Å²) in [6.45, 7) is 9.25. The van der Waals surface area contributed by atoms with Crippen LogP contribution in [0.5, 0.6) is 0 Å². The number of para-hydroxylation sites is 1. The largest absolute Gasteiger partial charge is 0.461 e. The molecule has 1 aliphatic heterocycles. The van der Waals surface area contributed by atoms with Crippen molar-refractivity contribution in [2.45, 2.75) is 26.7 Å². The van der Waals surface area contributed by atoms with Crippen molar-refractivity contribution in [3.63, 3.8) is 0 Å². The van der Waals surface area contributed by atoms with Gasteiger partial charge in [-0.1, -0.05) is 24.3 Å². The second-order valence-electron chi connectivity index (χ2n) is 9.24. The van der Waals surface area contributed by atoms with Crippen molar-refractivity contribution in [3.05, 3.63) is 71.7 Å². The molecule has 0 saturated carbocycles. The van der Waals surface area contributed by atoms with Gasteiger partial charge in [0.25, 0.3) is 0 Å². The van der Waals surface area contributed by atoms with Crippen molar-refractivity contribution in [2.24, 2.45) is 4.99 Å². The molecule has 38 heavy (non-hydrogen) atoms. The Morgan fingerprint density at radius 3 is 2.61 bits per heavy atom. The van der Waals surface area contributed by atoms with E-state index in [9.17, 15) is 9.59 Å². The molecule has 3 aromatic heterocycles. The van der Waals surface area contributed by atoms with Crippen LogP contribution in [0.15, 0.2) is 59.7 Å². The Morgan fingerprint density at radius 1 is 1.08 bits per heavy atom. The molecule has 0 spiro atoms. The third kappa shape index (κ3) is 4.83. The number of esters is 1. The van der Waals surface area contributed by atoms with Crippen molar-refractivity contribution in [2.75, 3.05) is 44.2 Å². The average Bonchev–Trinajstić information content (AvgIpc) is 3.29. The number of hydrogen-bond acceptors (Lipinski definition) is 7. The molecule has 4 aromatic rings. The molecule has 9 heteroatoms. The molecule has 0 N–H and O–H groups in total. The third-order valence-electron chi connectivity index (χ3n) is 6.91. The summed E-state index contributed by atoms with van der Waals surface area (Å²) < 4.78 is 7.13. The Hall–Kier alpha value is -4.27. The van der Waals surface area contributed by atoms with Crippen molar-refractivity contribution in [1.82, 2.24) is 19.3 Å². The number of ketones is 1. The lowest BCUT2D eigenvalue weighted by Gasteiger charge is -2.39. The van der Waals surface area contributed by atoms with E-state index in [4.69, 9.17) is 14.7 Å². The van der Waals surface area contributed by atoms with Crippen molar-refractivity contribution in [1.29, 1.82) is 0 Å². The maximum atomic E-state index is 13.2. The molecule has 0 bridgehead atoms. The standard InChI is InChI=1S/C29H32N6O3/c1-4-33(5-2)19-30-16-24(36)22-15-26(31-23-12-8-7-11-21(22)23)34-17-20(18-34)27-28(29(37)38-6-3)35-14-10-9-13-25(35)32-27/h7-15,19-20H,4-6,16-18H2,1-3H3. The van der Waals surface area contributed by atoms with Crippen molar-refractivity contribution in [3.8, 4) is 0 Å². The highest BCUT2D eigenvalue weighted by molar-refractivity contribution is 6.09. The number of hydrogen-bond donors (Lipinski definition) is 0. The van der Waals surface area contributed by atoms with Crippen LogP contribution in [0.4, 0.5) is 5.82 Å². The molecule has 9 nitrogen and oxygen atoms in total. The van der Waals surface area contributed by atoms with Gasteiger partial charge in [0.05, 0.1) is 24.2 Å². The van der Waals surface area contributed by atoms with Gasteiger partial charge in [0.2, 0.25) is 0 Å². The number of carbonyl (C=O) groups is 2. The number of benzene rings is 1. The molecule has 1 aliphatic rings. The molecule has 5 rings (SSSR count). The number of aliphatic imine (C=N–C) groups is 1. The van der Waals surface area contributed by atoms with E-state index in [-0.39, 0.29) is 24.2 Å². The van der Waals surface area contributed by atoms with E-state index < -0.39 is 0 Å². The second kappa shape index (κ2) is 11.0. The van der Waals surface area contributed by atoms with Crippen LogP contribution in [-0.2, 0) is 4.74 Å². The number of imidazole rings is 1. The first-order chi connectivity index (χ1) is 18.5. The number of carbonyl (C=O) groups excluding carboxylic acids is 2. The fraction of sp³-hybridized carbons (Fsp3) is 0.345. The summed E-state index contributed by atoms with van der Waals surface area (Å²) in [5, 5.41) is 0.821. The fourth-order valence-corrected chi connectivity index (χ4v) is 4.81. The van der Waals surface area contributed by atoms with Crippen molar-refractivity contribution < 1.29 is 14.3 Å². The van der Waals surface area contributed by atoms with Gasteiger partial charge in [-0.2, -0.15) is 0 Å². The SMILES string of the molecule is CCOC(=O)c1c(C2CN(c3cc(C(=O)CN=CN(CC)CC)c4ccccc4n3)C2)nc2ccccn12. The highest BCUT2D eigenvalue weighted by Crippen LogP contribution is 2.34. The van der Waals surface area contributed by atoms with Gasteiger partial charge in [-0.05, 0) is 45.0 Å². The third-order valence-corrected chi connectivity index (χ3v) is 6.91. The van der Waals surface area contributed by atoms with E-state index in [0.717, 1.165) is 35.5 Å². The number of rotatable bonds is 10. The number of pyridine rings is 2. The Balaban J connectivity index is 1.41. The Labute approximate surface area is 221 Å². The molecular formula is C29H32N6O3. The lowest BCUT2D eigenvalue weighted by Crippen LogP contribution is -2.46. The molecule has 4 heterocycles. The topological polar surface area (TPSA) is 92.4 Å². The zero-order valence-electron chi connectivity index (χ0n) is 22.0. The predicted molar refractivity (Wildman–Crippen MR) is 148 cm³/mol. The Kier molecular flexibility index (Phi) is 7.35. The van der Waals surface area contributed by atoms with Gasteiger partial charge in [-0.25, -0.2) is 14.8 Å². The summed E-state index contributed by atoms with van der Waals surface area (Å²) in [7, 11) is 0. The second-order valence-corrected chi connectivity index (χ2v) is 9.24. The van der Waals surface area contributed by atoms with Gasteiger partial charge in [-0.3, -0.25) is 14.2 Å². The van der Waals surface area contributed by atoms with E-state index in [0.29, 0.717) is 36.6 Å². The first kappa shape index (κ1) is 25.4. The summed E-state index contributed by atoms with van der Waals surface area (Å²) in [5.41, 5.74) is 3.30. The number of anilines is 1. The molecule has 196 valence electrons. The Morgan fingerprint density at radius 2 is 1.84 bits per heavy atom. The van der Waals surface area contributed by atoms with Gasteiger partial charge >= 0.3 is 5.97 Å². The van der Waals surface area contributed by atoms with Gasteiger partial charge < -0.3 is 14.5 Å². The highest BCUT2D eigenvalue weighted by Gasteiger charge is 2.36. The van der Waals surface area contributed by atoms with Gasteiger partial charge in [0.15, 0.2) is 11.5 Å². The summed E-state index contributed by atoms with van der Waals surface area (Å²) >= 11 is 0. The summed E-state index contributed by atoms with van der Waals surface area (Å²) in [6, 6.07) is 15.2. The normalized spacial score (nSPS) is 13.8. The van der Waals surface area contributed by atoms with Crippen LogP contribution in [0.3, 0.4) is 0 Å². The van der Waals surface area contributed by atoms with Gasteiger partial charge in [-0.15, -0.1) is 0 Å². The van der Waals surface area contributed by atoms with Crippen LogP contribution in [0.2, 0.25) is 0 Å². The van der Waals surface area contributed by atoms with Crippen LogP contribution >= 0.6 is 0 Å². The summed E-state index contributed by atoms with van der Waals surface area (Å²) in [6.07, 6.45) is 3.58. The van der Waals surface area contributed by atoms with E-state index in [1.165, 1.54) is 0 Å². The number of nitrogens with zero attached hydrogens (tertiary/aromatic N) is 6. The molecule has 0 amide bonds. The molecule has 1 aromatic carbocycles. The number of ether oxygens (including phenoxy) is 1. The van der Waals surface area contributed by atoms with E-state index in [2.05, 4.69) is 23.7 Å². The zero-order chi connectivity index (χ0) is 26.6. The zero-order valence-corrected chi connectivity index (χ0v) is 22.0. The minimum Gasteiger partial charge on any atom is -0.461 e. The molecule has 0 radical (unpaired) electrons. The van der Waals surface area contributed by atoms with Crippen LogP contribution in [0.1, 0.15) is 53.2 Å². The number of aromatic nitrogens is 3. The Bertz CT molecular complexity index is 1500. The molecule has 0 unspecified atom stereocenters. The first-order valence-electron chi connectivity index (χ1n) is 13.1. The predicted octanol–water partition coefficient (Wildman–Crippen LogP) is 4.22. The van der Waals surface area contributed by atoms with Crippen LogP contribution < -0.4 is 4.90 Å². The van der Waals surface area contributed by atoms with Crippen LogP contribution in [0.25, 0.3) is 16.6 Å². The monoisotopic (exact) mass is 512 g/mol. The lowest BCUT2D eigenvalue weighted by molar-refractivity contribution is 0.0515. The highest BCUT2D eigenvalue weighted by atomic mass is 16.5. The number of Topliss-reactive ketones (excluding diaryl/α,β-unsaturated/α-hetero) is 1. The molecule has 0 aliphatic carbocycles. The quantitative estimate of drug-likeness (QED) is 0.136. The molecular weight excluding hydrogens is 480 g/mol.